The fourth-order valence-electron chi connectivity index (χ4n) is 2.42. The summed E-state index contributed by atoms with van der Waals surface area (Å²) in [5.41, 5.74) is 7.85. The zero-order valence-electron chi connectivity index (χ0n) is 13.3. The predicted octanol–water partition coefficient (Wildman–Crippen LogP) is 2.17. The van der Waals surface area contributed by atoms with Gasteiger partial charge in [-0.05, 0) is 17.7 Å². The molecule has 0 radical (unpaired) electrons. The summed E-state index contributed by atoms with van der Waals surface area (Å²) < 4.78 is 0. The van der Waals surface area contributed by atoms with Crippen LogP contribution < -0.4 is 11.1 Å². The molecule has 0 saturated heterocycles. The van der Waals surface area contributed by atoms with Crippen molar-refractivity contribution in [2.75, 3.05) is 0 Å². The standard InChI is InChI=1S/C19H16N4O2/c20-18(24)17-16(21-9-10-22-17)14-7-4-8-15(11-14)19(25)23-12-13-5-2-1-3-6-13/h1-11H,12H2,(H2,20,24)(H,23,25). The number of amides is 2. The lowest BCUT2D eigenvalue weighted by atomic mass is 10.1. The van der Waals surface area contributed by atoms with Crippen LogP contribution >= 0.6 is 0 Å². The van der Waals surface area contributed by atoms with Gasteiger partial charge in [0.05, 0.1) is 0 Å². The number of aromatic nitrogens is 2. The minimum absolute atomic E-state index is 0.0735. The van der Waals surface area contributed by atoms with Crippen molar-refractivity contribution >= 4 is 11.8 Å². The average molecular weight is 332 g/mol. The van der Waals surface area contributed by atoms with Crippen molar-refractivity contribution in [3.63, 3.8) is 0 Å². The number of nitrogens with two attached hydrogens (primary N) is 1. The zero-order chi connectivity index (χ0) is 17.6. The van der Waals surface area contributed by atoms with Gasteiger partial charge in [0.15, 0.2) is 5.69 Å². The lowest BCUT2D eigenvalue weighted by molar-refractivity contribution is 0.0949. The second-order valence-electron chi connectivity index (χ2n) is 5.37. The molecular weight excluding hydrogens is 316 g/mol. The summed E-state index contributed by atoms with van der Waals surface area (Å²) in [4.78, 5) is 32.0. The number of hydrogen-bond acceptors (Lipinski definition) is 4. The van der Waals surface area contributed by atoms with E-state index >= 15 is 0 Å². The van der Waals surface area contributed by atoms with Crippen LogP contribution in [0.5, 0.6) is 0 Å². The summed E-state index contributed by atoms with van der Waals surface area (Å²) in [6, 6.07) is 16.5. The third-order valence-electron chi connectivity index (χ3n) is 3.63. The van der Waals surface area contributed by atoms with Crippen molar-refractivity contribution in [1.29, 1.82) is 0 Å². The van der Waals surface area contributed by atoms with Gasteiger partial charge < -0.3 is 11.1 Å². The molecule has 3 aromatic rings. The van der Waals surface area contributed by atoms with Crippen molar-refractivity contribution in [2.45, 2.75) is 6.54 Å². The van der Waals surface area contributed by atoms with Crippen molar-refractivity contribution in [3.8, 4) is 11.3 Å². The van der Waals surface area contributed by atoms with E-state index in [2.05, 4.69) is 15.3 Å². The quantitative estimate of drug-likeness (QED) is 0.748. The van der Waals surface area contributed by atoms with Gasteiger partial charge in [0, 0.05) is 30.1 Å². The lowest BCUT2D eigenvalue weighted by Crippen LogP contribution is -2.22. The zero-order valence-corrected chi connectivity index (χ0v) is 13.3. The summed E-state index contributed by atoms with van der Waals surface area (Å²) in [5.74, 6) is -0.878. The Morgan fingerprint density at radius 1 is 0.960 bits per heavy atom. The maximum absolute atomic E-state index is 12.4. The largest absolute Gasteiger partial charge is 0.364 e. The van der Waals surface area contributed by atoms with E-state index in [0.29, 0.717) is 23.4 Å². The van der Waals surface area contributed by atoms with Crippen LogP contribution in [0.2, 0.25) is 0 Å². The summed E-state index contributed by atoms with van der Waals surface area (Å²) >= 11 is 0. The van der Waals surface area contributed by atoms with E-state index in [1.807, 2.05) is 30.3 Å². The first-order chi connectivity index (χ1) is 12.1. The first-order valence-electron chi connectivity index (χ1n) is 7.68. The van der Waals surface area contributed by atoms with Gasteiger partial charge in [0.25, 0.3) is 11.8 Å². The van der Waals surface area contributed by atoms with E-state index in [4.69, 9.17) is 5.73 Å². The molecule has 0 bridgehead atoms. The Balaban J connectivity index is 1.82. The normalized spacial score (nSPS) is 10.2. The fourth-order valence-corrected chi connectivity index (χ4v) is 2.42. The van der Waals surface area contributed by atoms with Crippen molar-refractivity contribution in [2.24, 2.45) is 5.73 Å². The number of hydrogen-bond donors (Lipinski definition) is 2. The van der Waals surface area contributed by atoms with E-state index in [9.17, 15) is 9.59 Å². The molecule has 6 nitrogen and oxygen atoms in total. The van der Waals surface area contributed by atoms with E-state index < -0.39 is 5.91 Å². The molecule has 2 amide bonds. The van der Waals surface area contributed by atoms with Crippen LogP contribution in [0.25, 0.3) is 11.3 Å². The third kappa shape index (κ3) is 3.87. The Bertz CT molecular complexity index is 910. The molecule has 0 unspecified atom stereocenters. The highest BCUT2D eigenvalue weighted by atomic mass is 16.2. The summed E-state index contributed by atoms with van der Waals surface area (Å²) in [5, 5.41) is 2.86. The second-order valence-corrected chi connectivity index (χ2v) is 5.37. The molecule has 0 aliphatic carbocycles. The van der Waals surface area contributed by atoms with Crippen LogP contribution in [0.15, 0.2) is 67.0 Å². The van der Waals surface area contributed by atoms with Gasteiger partial charge in [0.2, 0.25) is 0 Å². The molecule has 25 heavy (non-hydrogen) atoms. The molecule has 0 atom stereocenters. The number of rotatable bonds is 5. The van der Waals surface area contributed by atoms with Gasteiger partial charge in [-0.25, -0.2) is 4.98 Å². The van der Waals surface area contributed by atoms with Gasteiger partial charge in [-0.1, -0.05) is 42.5 Å². The molecule has 1 heterocycles. The van der Waals surface area contributed by atoms with E-state index in [1.54, 1.807) is 24.3 Å². The highest BCUT2D eigenvalue weighted by Crippen LogP contribution is 2.20. The molecule has 0 fully saturated rings. The molecule has 0 aliphatic heterocycles. The van der Waals surface area contributed by atoms with Crippen molar-refractivity contribution in [3.05, 3.63) is 83.8 Å². The van der Waals surface area contributed by atoms with Crippen LogP contribution in [-0.4, -0.2) is 21.8 Å². The Hall–Kier alpha value is -3.54. The second kappa shape index (κ2) is 7.35. The molecule has 6 heteroatoms. The van der Waals surface area contributed by atoms with Gasteiger partial charge in [-0.3, -0.25) is 14.6 Å². The molecular formula is C19H16N4O2. The fraction of sp³-hybridized carbons (Fsp3) is 0.0526. The summed E-state index contributed by atoms with van der Waals surface area (Å²) in [6.45, 7) is 0.432. The highest BCUT2D eigenvalue weighted by molar-refractivity contribution is 5.98. The summed E-state index contributed by atoms with van der Waals surface area (Å²) in [7, 11) is 0. The minimum Gasteiger partial charge on any atom is -0.364 e. The number of primary amides is 1. The van der Waals surface area contributed by atoms with E-state index in [1.165, 1.54) is 12.4 Å². The maximum Gasteiger partial charge on any atom is 0.269 e. The van der Waals surface area contributed by atoms with Gasteiger partial charge in [-0.15, -0.1) is 0 Å². The maximum atomic E-state index is 12.4. The lowest BCUT2D eigenvalue weighted by Gasteiger charge is -2.08. The van der Waals surface area contributed by atoms with Crippen LogP contribution in [0.1, 0.15) is 26.4 Å². The monoisotopic (exact) mass is 332 g/mol. The number of carbonyl (C=O) groups is 2. The first-order valence-corrected chi connectivity index (χ1v) is 7.68. The summed E-state index contributed by atoms with van der Waals surface area (Å²) in [6.07, 6.45) is 2.88. The average Bonchev–Trinajstić information content (AvgIpc) is 2.67. The topological polar surface area (TPSA) is 98.0 Å². The highest BCUT2D eigenvalue weighted by Gasteiger charge is 2.14. The van der Waals surface area contributed by atoms with Gasteiger partial charge in [0.1, 0.15) is 5.69 Å². The molecule has 3 rings (SSSR count). The number of benzene rings is 2. The Kier molecular flexibility index (Phi) is 4.80. The molecule has 124 valence electrons. The van der Waals surface area contributed by atoms with Gasteiger partial charge in [-0.2, -0.15) is 0 Å². The molecule has 0 aliphatic rings. The van der Waals surface area contributed by atoms with E-state index in [-0.39, 0.29) is 11.6 Å². The van der Waals surface area contributed by atoms with Gasteiger partial charge >= 0.3 is 0 Å². The predicted molar refractivity (Wildman–Crippen MR) is 93.6 cm³/mol. The SMILES string of the molecule is NC(=O)c1nccnc1-c1cccc(C(=O)NCc2ccccc2)c1. The van der Waals surface area contributed by atoms with Crippen molar-refractivity contribution in [1.82, 2.24) is 15.3 Å². The first kappa shape index (κ1) is 16.3. The van der Waals surface area contributed by atoms with Crippen LogP contribution in [0.3, 0.4) is 0 Å². The molecule has 1 aromatic heterocycles. The van der Waals surface area contributed by atoms with E-state index in [0.717, 1.165) is 5.56 Å². The Morgan fingerprint density at radius 3 is 2.48 bits per heavy atom. The Labute approximate surface area is 144 Å². The minimum atomic E-state index is -0.665. The number of nitrogens with zero attached hydrogens (tertiary/aromatic N) is 2. The Morgan fingerprint density at radius 2 is 1.72 bits per heavy atom. The van der Waals surface area contributed by atoms with Crippen LogP contribution in [-0.2, 0) is 6.54 Å². The molecule has 0 saturated carbocycles. The van der Waals surface area contributed by atoms with Crippen LogP contribution in [0, 0.1) is 0 Å². The molecule has 2 aromatic carbocycles. The number of nitrogens with one attached hydrogen (secondary N) is 1. The van der Waals surface area contributed by atoms with Crippen LogP contribution in [0.4, 0.5) is 0 Å². The third-order valence-corrected chi connectivity index (χ3v) is 3.63. The smallest absolute Gasteiger partial charge is 0.269 e. The molecule has 3 N–H and O–H groups in total. The van der Waals surface area contributed by atoms with Crippen molar-refractivity contribution < 1.29 is 9.59 Å². The molecule has 0 spiro atoms. The number of carbonyl (C=O) groups excluding carboxylic acids is 2.